The van der Waals surface area contributed by atoms with E-state index in [0.29, 0.717) is 29.8 Å². The molecule has 32 heavy (non-hydrogen) atoms. The zero-order valence-electron chi connectivity index (χ0n) is 18.4. The minimum atomic E-state index is -0.117. The minimum Gasteiger partial charge on any atom is -0.468 e. The van der Waals surface area contributed by atoms with Gasteiger partial charge in [0.15, 0.2) is 5.13 Å². The summed E-state index contributed by atoms with van der Waals surface area (Å²) >= 11 is 1.50. The molecule has 1 saturated carbocycles. The van der Waals surface area contributed by atoms with Crippen molar-refractivity contribution in [3.05, 3.63) is 70.1 Å². The van der Waals surface area contributed by atoms with Crippen LogP contribution in [0, 0.1) is 6.92 Å². The third-order valence-electron chi connectivity index (χ3n) is 5.34. The smallest absolute Gasteiger partial charge is 0.251 e. The lowest BCUT2D eigenvalue weighted by atomic mass is 10.1. The van der Waals surface area contributed by atoms with E-state index in [1.807, 2.05) is 48.2 Å². The zero-order chi connectivity index (χ0) is 22.5. The highest BCUT2D eigenvalue weighted by Crippen LogP contribution is 2.22. The first-order valence-electron chi connectivity index (χ1n) is 10.9. The first kappa shape index (κ1) is 22.2. The van der Waals surface area contributed by atoms with Gasteiger partial charge in [-0.3, -0.25) is 14.5 Å². The van der Waals surface area contributed by atoms with E-state index in [2.05, 4.69) is 22.5 Å². The van der Waals surface area contributed by atoms with Gasteiger partial charge in [-0.25, -0.2) is 4.98 Å². The number of amides is 2. The number of carbonyl (C=O) groups is 2. The molecule has 4 rings (SSSR count). The molecule has 0 unspecified atom stereocenters. The van der Waals surface area contributed by atoms with E-state index < -0.39 is 0 Å². The van der Waals surface area contributed by atoms with Crippen LogP contribution in [0.4, 0.5) is 5.13 Å². The van der Waals surface area contributed by atoms with E-state index in [0.717, 1.165) is 41.2 Å². The van der Waals surface area contributed by atoms with Crippen LogP contribution in [0.2, 0.25) is 0 Å². The summed E-state index contributed by atoms with van der Waals surface area (Å²) in [4.78, 5) is 32.6. The third-order valence-corrected chi connectivity index (χ3v) is 6.26. The lowest BCUT2D eigenvalue weighted by Gasteiger charge is -2.20. The first-order chi connectivity index (χ1) is 15.5. The van der Waals surface area contributed by atoms with Gasteiger partial charge in [-0.1, -0.05) is 19.1 Å². The Morgan fingerprint density at radius 3 is 2.59 bits per heavy atom. The van der Waals surface area contributed by atoms with Gasteiger partial charge in [-0.15, -0.1) is 11.3 Å². The number of carbonyl (C=O) groups excluding carboxylic acids is 2. The van der Waals surface area contributed by atoms with Crippen LogP contribution < -0.4 is 10.6 Å². The predicted octanol–water partition coefficient (Wildman–Crippen LogP) is 4.14. The number of aryl methyl sites for hydroxylation is 2. The zero-order valence-corrected chi connectivity index (χ0v) is 19.2. The second-order valence-corrected chi connectivity index (χ2v) is 9.30. The van der Waals surface area contributed by atoms with Crippen molar-refractivity contribution in [2.24, 2.45) is 0 Å². The molecule has 0 saturated heterocycles. The summed E-state index contributed by atoms with van der Waals surface area (Å²) in [5.74, 6) is 0.640. The molecule has 8 heteroatoms. The summed E-state index contributed by atoms with van der Waals surface area (Å²) in [5.41, 5.74) is 2.69. The van der Waals surface area contributed by atoms with Gasteiger partial charge in [0.05, 0.1) is 25.0 Å². The monoisotopic (exact) mass is 452 g/mol. The molecule has 0 bridgehead atoms. The molecule has 2 N–H and O–H groups in total. The molecular weight excluding hydrogens is 424 g/mol. The highest BCUT2D eigenvalue weighted by atomic mass is 32.1. The maximum atomic E-state index is 12.7. The van der Waals surface area contributed by atoms with Crippen molar-refractivity contribution in [2.45, 2.75) is 52.2 Å². The number of nitrogens with zero attached hydrogens (tertiary/aromatic N) is 2. The molecule has 1 aliphatic rings. The standard InChI is InChI=1S/C24H28N4O3S/c1-3-21-16(2)32-24(26-21)27-22(29)15-28(14-20-5-4-12-31-20)13-17-6-8-18(9-7-17)23(30)25-19-10-11-19/h4-9,12,19H,3,10-11,13-15H2,1-2H3,(H,25,30)(H,26,27,29). The van der Waals surface area contributed by atoms with Gasteiger partial charge < -0.3 is 15.1 Å². The average Bonchev–Trinajstić information content (AvgIpc) is 3.29. The molecule has 7 nitrogen and oxygen atoms in total. The van der Waals surface area contributed by atoms with E-state index in [1.54, 1.807) is 6.26 Å². The molecule has 0 radical (unpaired) electrons. The van der Waals surface area contributed by atoms with Crippen LogP contribution in [0.1, 0.15) is 52.0 Å². The predicted molar refractivity (Wildman–Crippen MR) is 125 cm³/mol. The van der Waals surface area contributed by atoms with E-state index in [9.17, 15) is 9.59 Å². The average molecular weight is 453 g/mol. The molecular formula is C24H28N4O3S. The van der Waals surface area contributed by atoms with Crippen molar-refractivity contribution in [1.82, 2.24) is 15.2 Å². The Kier molecular flexibility index (Phi) is 7.02. The van der Waals surface area contributed by atoms with Crippen LogP contribution in [0.3, 0.4) is 0 Å². The molecule has 0 atom stereocenters. The second-order valence-electron chi connectivity index (χ2n) is 8.09. The largest absolute Gasteiger partial charge is 0.468 e. The Morgan fingerprint density at radius 2 is 1.97 bits per heavy atom. The Bertz CT molecular complexity index is 1060. The van der Waals surface area contributed by atoms with Crippen molar-refractivity contribution in [2.75, 3.05) is 11.9 Å². The number of hydrogen-bond acceptors (Lipinski definition) is 6. The van der Waals surface area contributed by atoms with Crippen LogP contribution in [-0.4, -0.2) is 34.3 Å². The number of hydrogen-bond donors (Lipinski definition) is 2. The SMILES string of the molecule is CCc1nc(NC(=O)CN(Cc2ccc(C(=O)NC3CC3)cc2)Cc2ccco2)sc1C. The normalized spacial score (nSPS) is 13.3. The number of nitrogens with one attached hydrogen (secondary N) is 2. The van der Waals surface area contributed by atoms with Gasteiger partial charge in [-0.2, -0.15) is 0 Å². The number of anilines is 1. The molecule has 0 spiro atoms. The number of benzene rings is 1. The fraction of sp³-hybridized carbons (Fsp3) is 0.375. The van der Waals surface area contributed by atoms with Crippen molar-refractivity contribution in [1.29, 1.82) is 0 Å². The van der Waals surface area contributed by atoms with Crippen molar-refractivity contribution >= 4 is 28.3 Å². The van der Waals surface area contributed by atoms with Crippen LogP contribution in [0.5, 0.6) is 0 Å². The van der Waals surface area contributed by atoms with Crippen LogP contribution in [-0.2, 0) is 24.3 Å². The Hall–Kier alpha value is -2.97. The van der Waals surface area contributed by atoms with Gasteiger partial charge in [-0.05, 0) is 56.0 Å². The maximum absolute atomic E-state index is 12.7. The van der Waals surface area contributed by atoms with E-state index in [1.165, 1.54) is 11.3 Å². The quantitative estimate of drug-likeness (QED) is 0.483. The fourth-order valence-electron chi connectivity index (χ4n) is 3.48. The molecule has 2 aromatic heterocycles. The molecule has 0 aliphatic heterocycles. The lowest BCUT2D eigenvalue weighted by molar-refractivity contribution is -0.117. The minimum absolute atomic E-state index is 0.0314. The van der Waals surface area contributed by atoms with Crippen LogP contribution in [0.25, 0.3) is 0 Å². The maximum Gasteiger partial charge on any atom is 0.251 e. The fourth-order valence-corrected chi connectivity index (χ4v) is 4.40. The summed E-state index contributed by atoms with van der Waals surface area (Å²) in [5, 5.41) is 6.56. The van der Waals surface area contributed by atoms with Gasteiger partial charge >= 0.3 is 0 Å². The molecule has 1 aromatic carbocycles. The summed E-state index contributed by atoms with van der Waals surface area (Å²) in [7, 11) is 0. The Morgan fingerprint density at radius 1 is 1.19 bits per heavy atom. The number of aromatic nitrogens is 1. The second kappa shape index (κ2) is 10.1. The van der Waals surface area contributed by atoms with Gasteiger partial charge in [0.25, 0.3) is 5.91 Å². The molecule has 1 fully saturated rings. The summed E-state index contributed by atoms with van der Waals surface area (Å²) < 4.78 is 5.49. The molecule has 1 aliphatic carbocycles. The first-order valence-corrected chi connectivity index (χ1v) is 11.7. The lowest BCUT2D eigenvalue weighted by Crippen LogP contribution is -2.32. The van der Waals surface area contributed by atoms with E-state index in [4.69, 9.17) is 4.42 Å². The Labute approximate surface area is 191 Å². The highest BCUT2D eigenvalue weighted by Gasteiger charge is 2.23. The van der Waals surface area contributed by atoms with Gasteiger partial charge in [0.1, 0.15) is 5.76 Å². The van der Waals surface area contributed by atoms with Crippen molar-refractivity contribution < 1.29 is 14.0 Å². The van der Waals surface area contributed by atoms with Crippen molar-refractivity contribution in [3.8, 4) is 0 Å². The number of rotatable bonds is 10. The van der Waals surface area contributed by atoms with Gasteiger partial charge in [0, 0.05) is 23.0 Å². The third kappa shape index (κ3) is 6.05. The van der Waals surface area contributed by atoms with E-state index in [-0.39, 0.29) is 18.4 Å². The molecule has 2 amide bonds. The topological polar surface area (TPSA) is 87.5 Å². The van der Waals surface area contributed by atoms with Crippen molar-refractivity contribution in [3.63, 3.8) is 0 Å². The molecule has 3 aromatic rings. The molecule has 2 heterocycles. The van der Waals surface area contributed by atoms with Gasteiger partial charge in [0.2, 0.25) is 5.91 Å². The summed E-state index contributed by atoms with van der Waals surface area (Å²) in [6.45, 7) is 5.32. The number of furan rings is 1. The highest BCUT2D eigenvalue weighted by molar-refractivity contribution is 7.15. The number of thiazole rings is 1. The molecule has 168 valence electrons. The summed E-state index contributed by atoms with van der Waals surface area (Å²) in [6, 6.07) is 11.6. The van der Waals surface area contributed by atoms with Crippen LogP contribution >= 0.6 is 11.3 Å². The Balaban J connectivity index is 1.40. The van der Waals surface area contributed by atoms with E-state index >= 15 is 0 Å². The summed E-state index contributed by atoms with van der Waals surface area (Å²) in [6.07, 6.45) is 4.60. The van der Waals surface area contributed by atoms with Crippen LogP contribution in [0.15, 0.2) is 47.1 Å².